The number of ether oxygens (including phenoxy) is 1. The van der Waals surface area contributed by atoms with Gasteiger partial charge in [0.25, 0.3) is 0 Å². The molecule has 0 unspecified atom stereocenters. The lowest BCUT2D eigenvalue weighted by molar-refractivity contribution is -0.138. The topological polar surface area (TPSA) is 70.6 Å². The number of hydrogen-bond donors (Lipinski definition) is 3. The summed E-state index contributed by atoms with van der Waals surface area (Å²) in [7, 11) is 0. The van der Waals surface area contributed by atoms with Gasteiger partial charge in [0.2, 0.25) is 0 Å². The summed E-state index contributed by atoms with van der Waals surface area (Å²) in [5, 5.41) is 14.2. The van der Waals surface area contributed by atoms with Gasteiger partial charge in [-0.2, -0.15) is 13.2 Å². The van der Waals surface area contributed by atoms with E-state index in [-0.39, 0.29) is 37.5 Å². The average molecular weight is 344 g/mol. The summed E-state index contributed by atoms with van der Waals surface area (Å²) in [6.07, 6.45) is -0.225. The molecule has 0 bridgehead atoms. The molecule has 1 aromatic rings. The van der Waals surface area contributed by atoms with Gasteiger partial charge in [-0.1, -0.05) is 24.3 Å². The second-order valence-electron chi connectivity index (χ2n) is 5.41. The van der Waals surface area contributed by atoms with Crippen molar-refractivity contribution in [2.24, 2.45) is 5.92 Å². The molecule has 132 valence electrons. The Labute approximate surface area is 137 Å². The minimum Gasteiger partial charge on any atom is -0.491 e. The molecule has 1 aromatic carbocycles. The van der Waals surface area contributed by atoms with Crippen molar-refractivity contribution in [1.29, 1.82) is 0 Å². The third-order valence-corrected chi connectivity index (χ3v) is 3.56. The molecular formula is C16H19F3N2O3. The van der Waals surface area contributed by atoms with Crippen LogP contribution in [0.3, 0.4) is 0 Å². The standard InChI is InChI=1S/C16H19F3N2O3/c17-16(18,19)13-3-1-2-4-14(13)24-8-7-20-15(23)21-12-6-5-11(9-12)10-22/h1-6,11-12,22H,7-10H2,(H2,20,21,23)/t11-,12+/m0/s1. The van der Waals surface area contributed by atoms with Crippen molar-refractivity contribution in [3.05, 3.63) is 42.0 Å². The van der Waals surface area contributed by atoms with Crippen LogP contribution in [0.15, 0.2) is 36.4 Å². The van der Waals surface area contributed by atoms with Crippen LogP contribution in [0.4, 0.5) is 18.0 Å². The number of nitrogens with one attached hydrogen (secondary N) is 2. The molecule has 24 heavy (non-hydrogen) atoms. The maximum Gasteiger partial charge on any atom is 0.419 e. The number of aliphatic hydroxyl groups excluding tert-OH is 1. The van der Waals surface area contributed by atoms with Crippen LogP contribution in [-0.4, -0.2) is 36.9 Å². The van der Waals surface area contributed by atoms with E-state index in [1.807, 2.05) is 6.08 Å². The van der Waals surface area contributed by atoms with Gasteiger partial charge in [0.1, 0.15) is 12.4 Å². The number of carbonyl (C=O) groups excluding carboxylic acids is 1. The highest BCUT2D eigenvalue weighted by Crippen LogP contribution is 2.35. The molecule has 3 N–H and O–H groups in total. The monoisotopic (exact) mass is 344 g/mol. The Bertz CT molecular complexity index is 590. The lowest BCUT2D eigenvalue weighted by Crippen LogP contribution is -2.42. The van der Waals surface area contributed by atoms with Crippen molar-refractivity contribution in [3.63, 3.8) is 0 Å². The van der Waals surface area contributed by atoms with Gasteiger partial charge >= 0.3 is 12.2 Å². The fourth-order valence-corrected chi connectivity index (χ4v) is 2.39. The number of hydrogen-bond acceptors (Lipinski definition) is 3. The van der Waals surface area contributed by atoms with Gasteiger partial charge in [0.15, 0.2) is 0 Å². The fourth-order valence-electron chi connectivity index (χ4n) is 2.39. The lowest BCUT2D eigenvalue weighted by Gasteiger charge is -2.15. The van der Waals surface area contributed by atoms with Crippen molar-refractivity contribution >= 4 is 6.03 Å². The Hall–Kier alpha value is -2.22. The Morgan fingerprint density at radius 2 is 2.04 bits per heavy atom. The van der Waals surface area contributed by atoms with Gasteiger partial charge in [-0.3, -0.25) is 0 Å². The van der Waals surface area contributed by atoms with E-state index in [0.717, 1.165) is 6.07 Å². The number of rotatable bonds is 6. The minimum atomic E-state index is -4.49. The van der Waals surface area contributed by atoms with Crippen molar-refractivity contribution in [1.82, 2.24) is 10.6 Å². The van der Waals surface area contributed by atoms with Crippen LogP contribution in [0, 0.1) is 5.92 Å². The van der Waals surface area contributed by atoms with Crippen molar-refractivity contribution in [2.75, 3.05) is 19.8 Å². The number of aliphatic hydroxyl groups is 1. The largest absolute Gasteiger partial charge is 0.491 e. The summed E-state index contributed by atoms with van der Waals surface area (Å²) in [5.41, 5.74) is -0.847. The van der Waals surface area contributed by atoms with Crippen LogP contribution < -0.4 is 15.4 Å². The first kappa shape index (κ1) is 18.1. The third-order valence-electron chi connectivity index (χ3n) is 3.56. The number of para-hydroxylation sites is 1. The average Bonchev–Trinajstić information content (AvgIpc) is 2.98. The fraction of sp³-hybridized carbons (Fsp3) is 0.438. The van der Waals surface area contributed by atoms with Crippen LogP contribution in [0.25, 0.3) is 0 Å². The van der Waals surface area contributed by atoms with E-state index in [0.29, 0.717) is 6.42 Å². The van der Waals surface area contributed by atoms with E-state index in [2.05, 4.69) is 10.6 Å². The van der Waals surface area contributed by atoms with Crippen molar-refractivity contribution in [3.8, 4) is 5.75 Å². The molecule has 0 radical (unpaired) electrons. The molecule has 2 rings (SSSR count). The molecule has 0 saturated carbocycles. The first-order valence-electron chi connectivity index (χ1n) is 7.52. The van der Waals surface area contributed by atoms with Gasteiger partial charge < -0.3 is 20.5 Å². The molecule has 1 aliphatic rings. The van der Waals surface area contributed by atoms with E-state index in [1.54, 1.807) is 6.08 Å². The molecule has 5 nitrogen and oxygen atoms in total. The minimum absolute atomic E-state index is 0.0305. The van der Waals surface area contributed by atoms with E-state index >= 15 is 0 Å². The number of amides is 2. The molecule has 0 saturated heterocycles. The molecule has 0 aliphatic heterocycles. The first-order valence-corrected chi connectivity index (χ1v) is 7.52. The number of alkyl halides is 3. The van der Waals surface area contributed by atoms with Crippen LogP contribution in [-0.2, 0) is 6.18 Å². The van der Waals surface area contributed by atoms with Gasteiger partial charge in [0.05, 0.1) is 12.1 Å². The SMILES string of the molecule is O=C(NCCOc1ccccc1C(F)(F)F)N[C@@H]1C=C[C@H](CO)C1. The number of carbonyl (C=O) groups is 1. The van der Waals surface area contributed by atoms with E-state index in [9.17, 15) is 18.0 Å². The summed E-state index contributed by atoms with van der Waals surface area (Å²) in [6, 6.07) is 4.33. The molecule has 0 spiro atoms. The van der Waals surface area contributed by atoms with Gasteiger partial charge in [-0.05, 0) is 18.6 Å². The van der Waals surface area contributed by atoms with Gasteiger partial charge in [-0.15, -0.1) is 0 Å². The molecular weight excluding hydrogens is 325 g/mol. The van der Waals surface area contributed by atoms with E-state index in [1.165, 1.54) is 18.2 Å². The van der Waals surface area contributed by atoms with Gasteiger partial charge in [0, 0.05) is 18.6 Å². The lowest BCUT2D eigenvalue weighted by atomic mass is 10.1. The smallest absolute Gasteiger partial charge is 0.419 e. The van der Waals surface area contributed by atoms with Crippen LogP contribution in [0.1, 0.15) is 12.0 Å². The highest BCUT2D eigenvalue weighted by Gasteiger charge is 2.33. The summed E-state index contributed by atoms with van der Waals surface area (Å²) in [5.74, 6) is -0.228. The highest BCUT2D eigenvalue weighted by molar-refractivity contribution is 5.74. The van der Waals surface area contributed by atoms with Crippen LogP contribution >= 0.6 is 0 Å². The normalized spacial score (nSPS) is 20.0. The molecule has 0 heterocycles. The van der Waals surface area contributed by atoms with Crippen molar-refractivity contribution in [2.45, 2.75) is 18.6 Å². The predicted molar refractivity (Wildman–Crippen MR) is 81.6 cm³/mol. The highest BCUT2D eigenvalue weighted by atomic mass is 19.4. The number of halogens is 3. The molecule has 2 atom stereocenters. The quantitative estimate of drug-likeness (QED) is 0.548. The zero-order chi connectivity index (χ0) is 17.6. The Balaban J connectivity index is 1.72. The summed E-state index contributed by atoms with van der Waals surface area (Å²) < 4.78 is 43.5. The maximum atomic E-state index is 12.8. The summed E-state index contributed by atoms with van der Waals surface area (Å²) >= 11 is 0. The van der Waals surface area contributed by atoms with E-state index in [4.69, 9.17) is 9.84 Å². The number of urea groups is 1. The van der Waals surface area contributed by atoms with Crippen LogP contribution in [0.2, 0.25) is 0 Å². The first-order chi connectivity index (χ1) is 11.4. The van der Waals surface area contributed by atoms with Crippen LogP contribution in [0.5, 0.6) is 5.75 Å². The molecule has 1 aliphatic carbocycles. The molecule has 2 amide bonds. The second-order valence-corrected chi connectivity index (χ2v) is 5.41. The maximum absolute atomic E-state index is 12.8. The summed E-state index contributed by atoms with van der Waals surface area (Å²) in [6.45, 7) is 0.0148. The zero-order valence-electron chi connectivity index (χ0n) is 12.8. The zero-order valence-corrected chi connectivity index (χ0v) is 12.8. The molecule has 8 heteroatoms. The molecule has 0 aromatic heterocycles. The molecule has 0 fully saturated rings. The Kier molecular flexibility index (Phi) is 6.08. The van der Waals surface area contributed by atoms with E-state index < -0.39 is 17.8 Å². The van der Waals surface area contributed by atoms with Gasteiger partial charge in [-0.25, -0.2) is 4.79 Å². The third kappa shape index (κ3) is 5.16. The van der Waals surface area contributed by atoms with Crippen molar-refractivity contribution < 1.29 is 27.8 Å². The Morgan fingerprint density at radius 3 is 2.71 bits per heavy atom. The number of benzene rings is 1. The summed E-state index contributed by atoms with van der Waals surface area (Å²) in [4.78, 5) is 11.7. The predicted octanol–water partition coefficient (Wildman–Crippen LogP) is 2.32. The second kappa shape index (κ2) is 8.05. The Morgan fingerprint density at radius 1 is 1.29 bits per heavy atom.